The fraction of sp³-hybridized carbons (Fsp3) is 0.545. The summed E-state index contributed by atoms with van der Waals surface area (Å²) in [7, 11) is 0. The van der Waals surface area contributed by atoms with E-state index in [1.165, 1.54) is 26.0 Å². The molecule has 32 heavy (non-hydrogen) atoms. The van der Waals surface area contributed by atoms with Crippen molar-refractivity contribution in [3.63, 3.8) is 0 Å². The molecule has 0 radical (unpaired) electrons. The molecule has 1 aromatic rings. The Morgan fingerprint density at radius 2 is 1.56 bits per heavy atom. The summed E-state index contributed by atoms with van der Waals surface area (Å²) in [5.41, 5.74) is 6.25. The second-order valence-electron chi connectivity index (χ2n) is 8.44. The molecule has 1 rings (SSSR count). The van der Waals surface area contributed by atoms with Gasteiger partial charge in [0.15, 0.2) is 11.5 Å². The van der Waals surface area contributed by atoms with Crippen LogP contribution >= 0.6 is 0 Å². The fourth-order valence-corrected chi connectivity index (χ4v) is 2.30. The van der Waals surface area contributed by atoms with Crippen LogP contribution in [0.3, 0.4) is 0 Å². The lowest BCUT2D eigenvalue weighted by molar-refractivity contribution is -0.148. The zero-order chi connectivity index (χ0) is 24.5. The lowest BCUT2D eigenvalue weighted by Gasteiger charge is -2.19. The average Bonchev–Trinajstić information content (AvgIpc) is 2.65. The number of carbonyl (C=O) groups excluding carboxylic acids is 4. The number of esters is 3. The molecular formula is C22H31NO9. The van der Waals surface area contributed by atoms with Crippen molar-refractivity contribution in [3.8, 4) is 11.5 Å². The largest absolute Gasteiger partial charge is 0.508 e. The molecule has 0 aliphatic heterocycles. The molecule has 0 saturated heterocycles. The van der Waals surface area contributed by atoms with Crippen LogP contribution in [0.4, 0.5) is 4.79 Å². The van der Waals surface area contributed by atoms with Crippen molar-refractivity contribution in [1.29, 1.82) is 0 Å². The van der Waals surface area contributed by atoms with Crippen molar-refractivity contribution in [2.45, 2.75) is 60.1 Å². The Morgan fingerprint density at radius 1 is 0.969 bits per heavy atom. The van der Waals surface area contributed by atoms with E-state index >= 15 is 0 Å². The van der Waals surface area contributed by atoms with Crippen LogP contribution in [0.1, 0.15) is 47.1 Å². The van der Waals surface area contributed by atoms with Gasteiger partial charge in [-0.2, -0.15) is 0 Å². The van der Waals surface area contributed by atoms with Gasteiger partial charge in [0.1, 0.15) is 18.8 Å². The Hall–Kier alpha value is -3.14. The van der Waals surface area contributed by atoms with E-state index in [1.54, 1.807) is 13.0 Å². The number of nitrogens with two attached hydrogens (primary N) is 1. The number of carbonyl (C=O) groups is 4. The van der Waals surface area contributed by atoms with Gasteiger partial charge in [-0.15, -0.1) is 0 Å². The lowest BCUT2D eigenvalue weighted by atomic mass is 9.99. The van der Waals surface area contributed by atoms with E-state index in [0.717, 1.165) is 0 Å². The van der Waals surface area contributed by atoms with Crippen molar-refractivity contribution in [2.24, 2.45) is 11.1 Å². The van der Waals surface area contributed by atoms with E-state index in [-0.39, 0.29) is 36.5 Å². The van der Waals surface area contributed by atoms with Gasteiger partial charge in [-0.25, -0.2) is 4.79 Å². The molecule has 10 nitrogen and oxygen atoms in total. The van der Waals surface area contributed by atoms with E-state index in [0.29, 0.717) is 5.56 Å². The lowest BCUT2D eigenvalue weighted by Crippen LogP contribution is -2.36. The van der Waals surface area contributed by atoms with Gasteiger partial charge in [-0.1, -0.05) is 26.8 Å². The maximum absolute atomic E-state index is 12.2. The molecule has 178 valence electrons. The molecular weight excluding hydrogens is 422 g/mol. The minimum absolute atomic E-state index is 0.0292. The molecule has 1 aromatic carbocycles. The van der Waals surface area contributed by atoms with Crippen molar-refractivity contribution in [1.82, 2.24) is 0 Å². The van der Waals surface area contributed by atoms with Crippen LogP contribution in [-0.4, -0.2) is 49.4 Å². The first-order chi connectivity index (χ1) is 14.8. The van der Waals surface area contributed by atoms with E-state index in [2.05, 4.69) is 0 Å². The van der Waals surface area contributed by atoms with Gasteiger partial charge in [-0.3, -0.25) is 14.4 Å². The number of hydrogen-bond donors (Lipinski definition) is 1. The maximum atomic E-state index is 12.2. The summed E-state index contributed by atoms with van der Waals surface area (Å²) in [4.78, 5) is 46.3. The van der Waals surface area contributed by atoms with E-state index in [1.807, 2.05) is 20.8 Å². The number of ether oxygens (including phenoxy) is 5. The van der Waals surface area contributed by atoms with Gasteiger partial charge in [0.2, 0.25) is 0 Å². The van der Waals surface area contributed by atoms with Crippen LogP contribution in [0.25, 0.3) is 0 Å². The first-order valence-corrected chi connectivity index (χ1v) is 10.0. The molecule has 10 heteroatoms. The first-order valence-electron chi connectivity index (χ1n) is 10.0. The maximum Gasteiger partial charge on any atom is 0.508 e. The molecule has 0 heterocycles. The van der Waals surface area contributed by atoms with Gasteiger partial charge in [-0.05, 0) is 36.5 Å². The smallest absolute Gasteiger partial charge is 0.461 e. The molecule has 0 unspecified atom stereocenters. The molecule has 0 aliphatic rings. The van der Waals surface area contributed by atoms with Crippen LogP contribution in [0.5, 0.6) is 11.5 Å². The summed E-state index contributed by atoms with van der Waals surface area (Å²) in [6, 6.07) is 3.44. The Kier molecular flexibility index (Phi) is 10.1. The van der Waals surface area contributed by atoms with Crippen LogP contribution in [0.2, 0.25) is 0 Å². The minimum Gasteiger partial charge on any atom is -0.461 e. The molecule has 0 saturated carbocycles. The summed E-state index contributed by atoms with van der Waals surface area (Å²) in [5.74, 6) is -1.79. The molecule has 0 aromatic heterocycles. The Labute approximate surface area is 187 Å². The molecule has 0 aliphatic carbocycles. The topological polar surface area (TPSA) is 140 Å². The molecule has 2 atom stereocenters. The number of benzene rings is 1. The highest BCUT2D eigenvalue weighted by atomic mass is 16.7. The third kappa shape index (κ3) is 10.8. The third-order valence-corrected chi connectivity index (χ3v) is 3.65. The predicted molar refractivity (Wildman–Crippen MR) is 113 cm³/mol. The summed E-state index contributed by atoms with van der Waals surface area (Å²) >= 11 is 0. The number of rotatable bonds is 9. The van der Waals surface area contributed by atoms with Crippen LogP contribution in [-0.2, 0) is 35.0 Å². The first kappa shape index (κ1) is 26.9. The van der Waals surface area contributed by atoms with E-state index < -0.39 is 36.2 Å². The van der Waals surface area contributed by atoms with E-state index in [9.17, 15) is 19.2 Å². The van der Waals surface area contributed by atoms with Gasteiger partial charge in [0.25, 0.3) is 0 Å². The second kappa shape index (κ2) is 12.0. The summed E-state index contributed by atoms with van der Waals surface area (Å²) < 4.78 is 25.2. The second-order valence-corrected chi connectivity index (χ2v) is 8.44. The van der Waals surface area contributed by atoms with Crippen molar-refractivity contribution in [2.75, 3.05) is 13.2 Å². The average molecular weight is 453 g/mol. The standard InChI is InChI=1S/C22H31NO9/c1-13(30-21(27)29-12-22(4,5)6)11-28-20(26)17(23)9-16-7-8-18(31-14(2)24)19(10-16)32-15(3)25/h7-8,10,13,17H,9,11-12,23H2,1-6H3/t13-,17-/m0/s1. The molecule has 2 N–H and O–H groups in total. The van der Waals surface area contributed by atoms with Gasteiger partial charge >= 0.3 is 24.1 Å². The third-order valence-electron chi connectivity index (χ3n) is 3.65. The SMILES string of the molecule is CC(=O)Oc1ccc(C[C@H](N)C(=O)OC[C@H](C)OC(=O)OCC(C)(C)C)cc1OC(C)=O. The summed E-state index contributed by atoms with van der Waals surface area (Å²) in [6.45, 7) is 9.69. The van der Waals surface area contributed by atoms with Gasteiger partial charge < -0.3 is 29.4 Å². The highest BCUT2D eigenvalue weighted by Crippen LogP contribution is 2.29. The quantitative estimate of drug-likeness (QED) is 0.438. The highest BCUT2D eigenvalue weighted by molar-refractivity contribution is 5.76. The highest BCUT2D eigenvalue weighted by Gasteiger charge is 2.21. The monoisotopic (exact) mass is 453 g/mol. The van der Waals surface area contributed by atoms with Crippen LogP contribution in [0.15, 0.2) is 18.2 Å². The Balaban J connectivity index is 2.61. The normalized spacial score (nSPS) is 12.8. The zero-order valence-corrected chi connectivity index (χ0v) is 19.3. The summed E-state index contributed by atoms with van der Waals surface area (Å²) in [6.07, 6.45) is -1.51. The van der Waals surface area contributed by atoms with Crippen molar-refractivity contribution >= 4 is 24.1 Å². The zero-order valence-electron chi connectivity index (χ0n) is 19.3. The summed E-state index contributed by atoms with van der Waals surface area (Å²) in [5, 5.41) is 0. The van der Waals surface area contributed by atoms with Gasteiger partial charge in [0.05, 0.1) is 6.61 Å². The Morgan fingerprint density at radius 3 is 2.12 bits per heavy atom. The van der Waals surface area contributed by atoms with Crippen LogP contribution < -0.4 is 15.2 Å². The Bertz CT molecular complexity index is 829. The fourth-order valence-electron chi connectivity index (χ4n) is 2.30. The molecule has 0 spiro atoms. The molecule has 0 amide bonds. The molecule has 0 bridgehead atoms. The van der Waals surface area contributed by atoms with Crippen molar-refractivity contribution in [3.05, 3.63) is 23.8 Å². The van der Waals surface area contributed by atoms with E-state index in [4.69, 9.17) is 29.4 Å². The minimum atomic E-state index is -1.03. The van der Waals surface area contributed by atoms with Crippen molar-refractivity contribution < 1.29 is 42.9 Å². The molecule has 0 fully saturated rings. The number of hydrogen-bond acceptors (Lipinski definition) is 10. The van der Waals surface area contributed by atoms with Crippen LogP contribution in [0, 0.1) is 5.41 Å². The predicted octanol–water partition coefficient (Wildman–Crippen LogP) is 2.54. The van der Waals surface area contributed by atoms with Gasteiger partial charge in [0, 0.05) is 13.8 Å².